The van der Waals surface area contributed by atoms with Gasteiger partial charge in [0.2, 0.25) is 5.91 Å². The van der Waals surface area contributed by atoms with Crippen LogP contribution in [0.1, 0.15) is 0 Å². The first-order chi connectivity index (χ1) is 8.99. The molecule has 0 bridgehead atoms. The summed E-state index contributed by atoms with van der Waals surface area (Å²) in [6.45, 7) is 0.488. The molecule has 0 aliphatic carbocycles. The van der Waals surface area contributed by atoms with Gasteiger partial charge >= 0.3 is 0 Å². The molecule has 2 atom stereocenters. The van der Waals surface area contributed by atoms with Crippen LogP contribution in [0.2, 0.25) is 0 Å². The summed E-state index contributed by atoms with van der Waals surface area (Å²) >= 11 is 0. The van der Waals surface area contributed by atoms with Crippen molar-refractivity contribution in [3.63, 3.8) is 0 Å². The lowest BCUT2D eigenvalue weighted by Crippen LogP contribution is -2.37. The number of nitrogens with zero attached hydrogens (tertiary/aromatic N) is 1. The van der Waals surface area contributed by atoms with Gasteiger partial charge in [0.05, 0.1) is 29.7 Å². The summed E-state index contributed by atoms with van der Waals surface area (Å²) in [5.41, 5.74) is 5.46. The third kappa shape index (κ3) is 2.80. The molecule has 0 radical (unpaired) electrons. The van der Waals surface area contributed by atoms with Gasteiger partial charge in [-0.3, -0.25) is 14.9 Å². The van der Waals surface area contributed by atoms with E-state index >= 15 is 0 Å². The highest BCUT2D eigenvalue weighted by atomic mass is 16.6. The Morgan fingerprint density at radius 1 is 1.53 bits per heavy atom. The van der Waals surface area contributed by atoms with Crippen molar-refractivity contribution in [2.75, 3.05) is 18.5 Å². The van der Waals surface area contributed by atoms with E-state index < -0.39 is 22.8 Å². The Morgan fingerprint density at radius 3 is 2.84 bits per heavy atom. The molecule has 1 aliphatic rings. The number of non-ortho nitro benzene ring substituents is 1. The van der Waals surface area contributed by atoms with Crippen LogP contribution in [0.25, 0.3) is 0 Å². The highest BCUT2D eigenvalue weighted by Gasteiger charge is 2.31. The fourth-order valence-electron chi connectivity index (χ4n) is 1.80. The Morgan fingerprint density at radius 2 is 2.26 bits per heavy atom. The maximum Gasteiger partial charge on any atom is 0.271 e. The Labute approximate surface area is 108 Å². The number of aromatic hydroxyl groups is 1. The molecular weight excluding hydrogens is 254 g/mol. The summed E-state index contributed by atoms with van der Waals surface area (Å²) in [4.78, 5) is 21.9. The number of benzene rings is 1. The van der Waals surface area contributed by atoms with E-state index in [1.54, 1.807) is 0 Å². The van der Waals surface area contributed by atoms with E-state index in [4.69, 9.17) is 10.5 Å². The molecule has 19 heavy (non-hydrogen) atoms. The van der Waals surface area contributed by atoms with Crippen molar-refractivity contribution < 1.29 is 19.6 Å². The number of nitrogens with two attached hydrogens (primary N) is 1. The number of ether oxygens (including phenoxy) is 1. The molecule has 8 heteroatoms. The van der Waals surface area contributed by atoms with Gasteiger partial charge in [0.1, 0.15) is 5.75 Å². The average Bonchev–Trinajstić information content (AvgIpc) is 2.78. The van der Waals surface area contributed by atoms with Crippen LogP contribution < -0.4 is 11.1 Å². The summed E-state index contributed by atoms with van der Waals surface area (Å²) in [6, 6.07) is 2.98. The molecule has 1 aromatic carbocycles. The summed E-state index contributed by atoms with van der Waals surface area (Å²) < 4.78 is 5.06. The fraction of sp³-hybridized carbons (Fsp3) is 0.364. The van der Waals surface area contributed by atoms with Crippen molar-refractivity contribution in [3.05, 3.63) is 28.3 Å². The summed E-state index contributed by atoms with van der Waals surface area (Å²) in [6.07, 6.45) is 0. The Balaban J connectivity index is 2.16. The van der Waals surface area contributed by atoms with Gasteiger partial charge in [-0.15, -0.1) is 0 Å². The summed E-state index contributed by atoms with van der Waals surface area (Å²) in [5.74, 6) is -1.20. The molecule has 1 aliphatic heterocycles. The Hall–Kier alpha value is -2.19. The second-order valence-electron chi connectivity index (χ2n) is 4.26. The van der Waals surface area contributed by atoms with Gasteiger partial charge in [0.25, 0.3) is 5.69 Å². The van der Waals surface area contributed by atoms with E-state index in [9.17, 15) is 20.0 Å². The SMILES string of the molecule is NC1COCC1C(=O)Nc1cc([N+](=O)[O-])ccc1O. The quantitative estimate of drug-likeness (QED) is 0.408. The molecule has 2 rings (SSSR count). The molecule has 1 heterocycles. The maximum atomic E-state index is 11.9. The molecule has 1 aromatic rings. The molecule has 0 spiro atoms. The lowest BCUT2D eigenvalue weighted by Gasteiger charge is -2.13. The highest BCUT2D eigenvalue weighted by molar-refractivity contribution is 5.95. The summed E-state index contributed by atoms with van der Waals surface area (Å²) in [5, 5.41) is 22.6. The first kappa shape index (κ1) is 13.2. The highest BCUT2D eigenvalue weighted by Crippen LogP contribution is 2.28. The number of rotatable bonds is 3. The van der Waals surface area contributed by atoms with Crippen molar-refractivity contribution in [2.45, 2.75) is 6.04 Å². The van der Waals surface area contributed by atoms with Crippen LogP contribution >= 0.6 is 0 Å². The molecule has 102 valence electrons. The van der Waals surface area contributed by atoms with Crippen molar-refractivity contribution >= 4 is 17.3 Å². The number of phenolic OH excluding ortho intramolecular Hbond substituents is 1. The number of phenols is 1. The van der Waals surface area contributed by atoms with E-state index in [-0.39, 0.29) is 23.7 Å². The monoisotopic (exact) mass is 267 g/mol. The molecular formula is C11H13N3O5. The zero-order valence-corrected chi connectivity index (χ0v) is 9.91. The Bertz CT molecular complexity index is 519. The smallest absolute Gasteiger partial charge is 0.271 e. The van der Waals surface area contributed by atoms with Crippen molar-refractivity contribution in [1.29, 1.82) is 0 Å². The number of carbonyl (C=O) groups is 1. The van der Waals surface area contributed by atoms with Crippen LogP contribution in [0.4, 0.5) is 11.4 Å². The minimum absolute atomic E-state index is 0.0155. The second kappa shape index (κ2) is 5.21. The van der Waals surface area contributed by atoms with Gasteiger partial charge in [0.15, 0.2) is 0 Å². The van der Waals surface area contributed by atoms with Crippen LogP contribution in [-0.4, -0.2) is 35.2 Å². The lowest BCUT2D eigenvalue weighted by molar-refractivity contribution is -0.384. The minimum Gasteiger partial charge on any atom is -0.506 e. The van der Waals surface area contributed by atoms with Crippen LogP contribution in [0, 0.1) is 16.0 Å². The van der Waals surface area contributed by atoms with Gasteiger partial charge in [-0.2, -0.15) is 0 Å². The first-order valence-electron chi connectivity index (χ1n) is 5.60. The predicted octanol–water partition coefficient (Wildman–Crippen LogP) is 0.213. The molecule has 8 nitrogen and oxygen atoms in total. The van der Waals surface area contributed by atoms with Crippen molar-refractivity contribution in [3.8, 4) is 5.75 Å². The van der Waals surface area contributed by atoms with Gasteiger partial charge in [0, 0.05) is 18.2 Å². The number of nitro groups is 1. The number of hydrogen-bond donors (Lipinski definition) is 3. The Kier molecular flexibility index (Phi) is 3.63. The zero-order valence-electron chi connectivity index (χ0n) is 9.91. The number of hydrogen-bond acceptors (Lipinski definition) is 6. The van der Waals surface area contributed by atoms with Gasteiger partial charge in [-0.05, 0) is 6.07 Å². The third-order valence-corrected chi connectivity index (χ3v) is 2.91. The van der Waals surface area contributed by atoms with Gasteiger partial charge < -0.3 is 20.9 Å². The van der Waals surface area contributed by atoms with Crippen molar-refractivity contribution in [2.24, 2.45) is 11.7 Å². The van der Waals surface area contributed by atoms with Crippen LogP contribution in [0.15, 0.2) is 18.2 Å². The largest absolute Gasteiger partial charge is 0.506 e. The van der Waals surface area contributed by atoms with Crippen LogP contribution in [0.5, 0.6) is 5.75 Å². The average molecular weight is 267 g/mol. The van der Waals surface area contributed by atoms with Gasteiger partial charge in [-0.1, -0.05) is 0 Å². The number of nitrogens with one attached hydrogen (secondary N) is 1. The number of anilines is 1. The van der Waals surface area contributed by atoms with E-state index in [1.165, 1.54) is 0 Å². The van der Waals surface area contributed by atoms with E-state index in [0.29, 0.717) is 6.61 Å². The lowest BCUT2D eigenvalue weighted by atomic mass is 10.0. The van der Waals surface area contributed by atoms with Gasteiger partial charge in [-0.25, -0.2) is 0 Å². The van der Waals surface area contributed by atoms with Crippen LogP contribution in [-0.2, 0) is 9.53 Å². The van der Waals surface area contributed by atoms with E-state index in [1.807, 2.05) is 0 Å². The summed E-state index contributed by atoms with van der Waals surface area (Å²) in [7, 11) is 0. The molecule has 0 aromatic heterocycles. The van der Waals surface area contributed by atoms with Crippen molar-refractivity contribution in [1.82, 2.24) is 0 Å². The molecule has 2 unspecified atom stereocenters. The standard InChI is InChI=1S/C11H13N3O5/c12-8-5-19-4-7(8)11(16)13-9-3-6(14(17)18)1-2-10(9)15/h1-3,7-8,15H,4-5,12H2,(H,13,16). The topological polar surface area (TPSA) is 128 Å². The number of carbonyl (C=O) groups excluding carboxylic acids is 1. The molecule has 1 amide bonds. The first-order valence-corrected chi connectivity index (χ1v) is 5.60. The third-order valence-electron chi connectivity index (χ3n) is 2.91. The normalized spacial score (nSPS) is 22.2. The fourth-order valence-corrected chi connectivity index (χ4v) is 1.80. The minimum atomic E-state index is -0.612. The van der Waals surface area contributed by atoms with E-state index in [0.717, 1.165) is 18.2 Å². The molecule has 1 fully saturated rings. The second-order valence-corrected chi connectivity index (χ2v) is 4.26. The molecule has 4 N–H and O–H groups in total. The zero-order chi connectivity index (χ0) is 14.0. The number of amides is 1. The van der Waals surface area contributed by atoms with Crippen LogP contribution in [0.3, 0.4) is 0 Å². The molecule has 1 saturated heterocycles. The van der Waals surface area contributed by atoms with E-state index in [2.05, 4.69) is 5.32 Å². The predicted molar refractivity (Wildman–Crippen MR) is 65.7 cm³/mol. The maximum absolute atomic E-state index is 11.9. The number of nitro benzene ring substituents is 1. The molecule has 0 saturated carbocycles.